The number of aromatic nitrogens is 1. The Morgan fingerprint density at radius 3 is 2.76 bits per heavy atom. The minimum absolute atomic E-state index is 0.0445. The number of pyridine rings is 1. The molecule has 2 aromatic carbocycles. The summed E-state index contributed by atoms with van der Waals surface area (Å²) >= 11 is 5.97. The number of ether oxygens (including phenoxy) is 1. The van der Waals surface area contributed by atoms with Crippen LogP contribution in [-0.4, -0.2) is 25.9 Å². The highest BCUT2D eigenvalue weighted by molar-refractivity contribution is 7.92. The maximum absolute atomic E-state index is 13.1. The molecular formula is C21H17ClN2O4S. The lowest BCUT2D eigenvalue weighted by atomic mass is 10.2. The van der Waals surface area contributed by atoms with Crippen LogP contribution in [0, 0.1) is 0 Å². The van der Waals surface area contributed by atoms with Crippen LogP contribution in [-0.2, 0) is 27.8 Å². The third kappa shape index (κ3) is 3.83. The van der Waals surface area contributed by atoms with E-state index in [1.54, 1.807) is 24.4 Å². The van der Waals surface area contributed by atoms with Gasteiger partial charge < -0.3 is 4.74 Å². The van der Waals surface area contributed by atoms with Gasteiger partial charge in [0.05, 0.1) is 16.1 Å². The molecule has 148 valence electrons. The molecule has 8 heteroatoms. The molecule has 1 aliphatic rings. The van der Waals surface area contributed by atoms with Crippen LogP contribution in [0.2, 0.25) is 5.15 Å². The highest BCUT2D eigenvalue weighted by Crippen LogP contribution is 2.32. The topological polar surface area (TPSA) is 76.6 Å². The van der Waals surface area contributed by atoms with Gasteiger partial charge in [0.1, 0.15) is 11.8 Å². The van der Waals surface area contributed by atoms with E-state index in [0.29, 0.717) is 24.2 Å². The molecule has 0 amide bonds. The summed E-state index contributed by atoms with van der Waals surface area (Å²) in [5.74, 6) is -0.635. The zero-order valence-electron chi connectivity index (χ0n) is 15.3. The van der Waals surface area contributed by atoms with Crippen LogP contribution >= 0.6 is 11.6 Å². The molecule has 1 aromatic heterocycles. The molecule has 0 bridgehead atoms. The monoisotopic (exact) mass is 428 g/mol. The first-order valence-corrected chi connectivity index (χ1v) is 10.8. The van der Waals surface area contributed by atoms with Crippen molar-refractivity contribution in [1.29, 1.82) is 0 Å². The largest absolute Gasteiger partial charge is 0.457 e. The normalized spacial score (nSPS) is 13.2. The smallest absolute Gasteiger partial charge is 0.338 e. The third-order valence-electron chi connectivity index (χ3n) is 4.70. The van der Waals surface area contributed by atoms with Gasteiger partial charge in [0.25, 0.3) is 10.0 Å². The number of benzene rings is 2. The van der Waals surface area contributed by atoms with Crippen molar-refractivity contribution in [1.82, 2.24) is 4.98 Å². The first-order chi connectivity index (χ1) is 14.0. The van der Waals surface area contributed by atoms with E-state index < -0.39 is 16.0 Å². The quantitative estimate of drug-likeness (QED) is 0.455. The minimum Gasteiger partial charge on any atom is -0.457 e. The van der Waals surface area contributed by atoms with Gasteiger partial charge in [-0.05, 0) is 42.3 Å². The van der Waals surface area contributed by atoms with E-state index in [1.165, 1.54) is 28.6 Å². The molecule has 1 aliphatic heterocycles. The molecule has 0 spiro atoms. The summed E-state index contributed by atoms with van der Waals surface area (Å²) < 4.78 is 32.9. The molecule has 29 heavy (non-hydrogen) atoms. The number of carbonyl (C=O) groups excluding carboxylic acids is 1. The van der Waals surface area contributed by atoms with Crippen molar-refractivity contribution in [2.45, 2.75) is 17.9 Å². The van der Waals surface area contributed by atoms with Gasteiger partial charge in [-0.2, -0.15) is 0 Å². The lowest BCUT2D eigenvalue weighted by Crippen LogP contribution is -2.29. The van der Waals surface area contributed by atoms with E-state index in [4.69, 9.17) is 16.3 Å². The van der Waals surface area contributed by atoms with Gasteiger partial charge in [0.2, 0.25) is 0 Å². The molecule has 0 fully saturated rings. The maximum atomic E-state index is 13.1. The zero-order valence-corrected chi connectivity index (χ0v) is 16.9. The van der Waals surface area contributed by atoms with E-state index in [9.17, 15) is 13.2 Å². The number of rotatable bonds is 5. The second-order valence-corrected chi connectivity index (χ2v) is 8.73. The van der Waals surface area contributed by atoms with Crippen molar-refractivity contribution in [3.05, 3.63) is 88.7 Å². The Morgan fingerprint density at radius 1 is 1.10 bits per heavy atom. The first-order valence-electron chi connectivity index (χ1n) is 8.94. The summed E-state index contributed by atoms with van der Waals surface area (Å²) in [4.78, 5) is 16.4. The third-order valence-corrected chi connectivity index (χ3v) is 6.85. The van der Waals surface area contributed by atoms with Gasteiger partial charge in [-0.3, -0.25) is 4.31 Å². The number of hydrogen-bond donors (Lipinski definition) is 0. The van der Waals surface area contributed by atoms with E-state index in [-0.39, 0.29) is 22.2 Å². The molecule has 0 saturated carbocycles. The Hall–Kier alpha value is -2.90. The standard InChI is InChI=1S/C21H17ClN2O4S/c22-20-17(7-4-11-23-20)14-28-21(25)16-6-3-8-18(13-16)29(26,27)24-12-10-15-5-1-2-9-19(15)24/h1-9,11,13H,10,12,14H2. The van der Waals surface area contributed by atoms with E-state index in [0.717, 1.165) is 5.56 Å². The predicted octanol–water partition coefficient (Wildman–Crippen LogP) is 3.84. The number of anilines is 1. The molecule has 0 unspecified atom stereocenters. The Balaban J connectivity index is 1.56. The summed E-state index contributed by atoms with van der Waals surface area (Å²) in [5.41, 5.74) is 2.38. The second kappa shape index (κ2) is 7.85. The molecule has 0 saturated heterocycles. The van der Waals surface area contributed by atoms with Crippen molar-refractivity contribution in [2.75, 3.05) is 10.8 Å². The van der Waals surface area contributed by atoms with Crippen molar-refractivity contribution in [2.24, 2.45) is 0 Å². The fraction of sp³-hybridized carbons (Fsp3) is 0.143. The number of fused-ring (bicyclic) bond motifs is 1. The highest BCUT2D eigenvalue weighted by Gasteiger charge is 2.31. The fourth-order valence-corrected chi connectivity index (χ4v) is 4.95. The molecular weight excluding hydrogens is 412 g/mol. The van der Waals surface area contributed by atoms with Crippen molar-refractivity contribution in [3.8, 4) is 0 Å². The van der Waals surface area contributed by atoms with Crippen molar-refractivity contribution < 1.29 is 17.9 Å². The van der Waals surface area contributed by atoms with Crippen molar-refractivity contribution in [3.63, 3.8) is 0 Å². The van der Waals surface area contributed by atoms with Crippen LogP contribution in [0.25, 0.3) is 0 Å². The number of para-hydroxylation sites is 1. The zero-order chi connectivity index (χ0) is 20.4. The first kappa shape index (κ1) is 19.4. The number of halogens is 1. The molecule has 4 rings (SSSR count). The van der Waals surface area contributed by atoms with E-state index >= 15 is 0 Å². The van der Waals surface area contributed by atoms with Crippen LogP contribution in [0.3, 0.4) is 0 Å². The molecule has 6 nitrogen and oxygen atoms in total. The van der Waals surface area contributed by atoms with Gasteiger partial charge in [0, 0.05) is 18.3 Å². The van der Waals surface area contributed by atoms with Gasteiger partial charge in [0.15, 0.2) is 0 Å². The van der Waals surface area contributed by atoms with Gasteiger partial charge >= 0.3 is 5.97 Å². The van der Waals surface area contributed by atoms with Crippen LogP contribution in [0.15, 0.2) is 71.8 Å². The fourth-order valence-electron chi connectivity index (χ4n) is 3.22. The van der Waals surface area contributed by atoms with Gasteiger partial charge in [-0.1, -0.05) is 41.9 Å². The van der Waals surface area contributed by atoms with E-state index in [1.807, 2.05) is 18.2 Å². The molecule has 0 aliphatic carbocycles. The second-order valence-electron chi connectivity index (χ2n) is 6.51. The van der Waals surface area contributed by atoms with Crippen LogP contribution < -0.4 is 4.31 Å². The minimum atomic E-state index is -3.79. The van der Waals surface area contributed by atoms with Crippen molar-refractivity contribution >= 4 is 33.3 Å². The average Bonchev–Trinajstić information content (AvgIpc) is 3.18. The van der Waals surface area contributed by atoms with E-state index in [2.05, 4.69) is 4.98 Å². The summed E-state index contributed by atoms with van der Waals surface area (Å²) in [6.45, 7) is 0.317. The van der Waals surface area contributed by atoms with Crippen LogP contribution in [0.4, 0.5) is 5.69 Å². The van der Waals surface area contributed by atoms with Crippen LogP contribution in [0.5, 0.6) is 0 Å². The SMILES string of the molecule is O=C(OCc1cccnc1Cl)c1cccc(S(=O)(=O)N2CCc3ccccc32)c1. The summed E-state index contributed by atoms with van der Waals surface area (Å²) in [7, 11) is -3.79. The van der Waals surface area contributed by atoms with Gasteiger partial charge in [-0.25, -0.2) is 18.2 Å². The average molecular weight is 429 g/mol. The Kier molecular flexibility index (Phi) is 5.25. The molecule has 0 atom stereocenters. The number of carbonyl (C=O) groups is 1. The molecule has 3 aromatic rings. The maximum Gasteiger partial charge on any atom is 0.338 e. The van der Waals surface area contributed by atoms with Gasteiger partial charge in [-0.15, -0.1) is 0 Å². The number of hydrogen-bond acceptors (Lipinski definition) is 5. The summed E-state index contributed by atoms with van der Waals surface area (Å²) in [5, 5.41) is 0.254. The predicted molar refractivity (Wildman–Crippen MR) is 109 cm³/mol. The lowest BCUT2D eigenvalue weighted by molar-refractivity contribution is 0.0472. The molecule has 2 heterocycles. The Bertz CT molecular complexity index is 1180. The number of nitrogens with zero attached hydrogens (tertiary/aromatic N) is 2. The lowest BCUT2D eigenvalue weighted by Gasteiger charge is -2.19. The number of sulfonamides is 1. The molecule has 0 N–H and O–H groups in total. The number of esters is 1. The summed E-state index contributed by atoms with van der Waals surface area (Å²) in [6, 6.07) is 16.7. The Labute approximate surface area is 173 Å². The Morgan fingerprint density at radius 2 is 1.93 bits per heavy atom. The molecule has 0 radical (unpaired) electrons. The van der Waals surface area contributed by atoms with Crippen LogP contribution in [0.1, 0.15) is 21.5 Å². The summed E-state index contributed by atoms with van der Waals surface area (Å²) in [6.07, 6.45) is 2.20. The highest BCUT2D eigenvalue weighted by atomic mass is 35.5.